The summed E-state index contributed by atoms with van der Waals surface area (Å²) in [6, 6.07) is 2.23. The third-order valence-electron chi connectivity index (χ3n) is 1.96. The number of aryl methyl sites for hydroxylation is 1. The Morgan fingerprint density at radius 3 is 3.08 bits per heavy atom. The number of hydrogen-bond acceptors (Lipinski definition) is 2. The first kappa shape index (κ1) is 10.9. The van der Waals surface area contributed by atoms with E-state index in [0.717, 1.165) is 5.75 Å². The molecule has 1 aromatic heterocycles. The van der Waals surface area contributed by atoms with Crippen molar-refractivity contribution in [3.8, 4) is 0 Å². The number of thiol groups is 1. The van der Waals surface area contributed by atoms with E-state index in [-0.39, 0.29) is 0 Å². The number of rotatable bonds is 5. The molecule has 0 spiro atoms. The largest absolute Gasteiger partial charge is 0.175 e. The topological polar surface area (TPSA) is 0 Å². The lowest BCUT2D eigenvalue weighted by molar-refractivity contribution is 0.796. The Kier molecular flexibility index (Phi) is 5.25. The normalized spacial score (nSPS) is 11.2. The lowest BCUT2D eigenvalue weighted by atomic mass is 10.1. The molecule has 0 aliphatic rings. The predicted octanol–water partition coefficient (Wildman–Crippen LogP) is 4.03. The maximum Gasteiger partial charge on any atom is 0.0299 e. The quantitative estimate of drug-likeness (QED) is 0.700. The molecule has 0 N–H and O–H groups in total. The minimum atomic E-state index is 0.825. The lowest BCUT2D eigenvalue weighted by Gasteiger charge is -1.97. The summed E-state index contributed by atoms with van der Waals surface area (Å²) < 4.78 is 0. The Balaban J connectivity index is 2.60. The molecule has 0 atom stereocenters. The van der Waals surface area contributed by atoms with E-state index in [9.17, 15) is 0 Å². The van der Waals surface area contributed by atoms with Crippen LogP contribution in [-0.2, 0) is 6.42 Å². The second kappa shape index (κ2) is 6.28. The molecule has 0 amide bonds. The van der Waals surface area contributed by atoms with Crippen molar-refractivity contribution >= 4 is 30.0 Å². The Bertz CT molecular complexity index is 261. The fourth-order valence-corrected chi connectivity index (χ4v) is 2.21. The molecule has 1 rings (SSSR count). The van der Waals surface area contributed by atoms with Gasteiger partial charge in [-0.15, -0.1) is 11.3 Å². The molecule has 0 aliphatic heterocycles. The highest BCUT2D eigenvalue weighted by atomic mass is 32.1. The second-order valence-electron chi connectivity index (χ2n) is 3.00. The highest BCUT2D eigenvalue weighted by Crippen LogP contribution is 2.20. The summed E-state index contributed by atoms with van der Waals surface area (Å²) in [6.07, 6.45) is 8.06. The van der Waals surface area contributed by atoms with Crippen LogP contribution in [0.4, 0.5) is 0 Å². The second-order valence-corrected chi connectivity index (χ2v) is 4.31. The van der Waals surface area contributed by atoms with Gasteiger partial charge >= 0.3 is 0 Å². The van der Waals surface area contributed by atoms with Gasteiger partial charge in [-0.05, 0) is 35.9 Å². The standard InChI is InChI=1S/C11H16S2/c1-2-3-5-10-7-9-13-11(10)6-4-8-12/h4,6-7,9,12H,2-3,5,8H2,1H3. The summed E-state index contributed by atoms with van der Waals surface area (Å²) in [5.74, 6) is 0.825. The van der Waals surface area contributed by atoms with Crippen molar-refractivity contribution in [2.45, 2.75) is 26.2 Å². The molecule has 1 heterocycles. The van der Waals surface area contributed by atoms with E-state index in [4.69, 9.17) is 0 Å². The van der Waals surface area contributed by atoms with Gasteiger partial charge in [-0.1, -0.05) is 19.4 Å². The molecule has 2 heteroatoms. The minimum absolute atomic E-state index is 0.825. The third-order valence-corrected chi connectivity index (χ3v) is 3.09. The van der Waals surface area contributed by atoms with Crippen LogP contribution >= 0.6 is 24.0 Å². The van der Waals surface area contributed by atoms with Crippen molar-refractivity contribution < 1.29 is 0 Å². The zero-order valence-electron chi connectivity index (χ0n) is 7.99. The van der Waals surface area contributed by atoms with Crippen molar-refractivity contribution in [1.82, 2.24) is 0 Å². The van der Waals surface area contributed by atoms with Gasteiger partial charge in [0.1, 0.15) is 0 Å². The molecule has 1 aromatic rings. The van der Waals surface area contributed by atoms with Crippen molar-refractivity contribution in [1.29, 1.82) is 0 Å². The van der Waals surface area contributed by atoms with Gasteiger partial charge in [0, 0.05) is 10.6 Å². The average Bonchev–Trinajstić information content (AvgIpc) is 2.59. The minimum Gasteiger partial charge on any atom is -0.175 e. The summed E-state index contributed by atoms with van der Waals surface area (Å²) in [6.45, 7) is 2.23. The molecule has 0 nitrogen and oxygen atoms in total. The van der Waals surface area contributed by atoms with Gasteiger partial charge in [0.2, 0.25) is 0 Å². The van der Waals surface area contributed by atoms with Gasteiger partial charge in [-0.3, -0.25) is 0 Å². The molecular formula is C11H16S2. The first-order valence-corrected chi connectivity index (χ1v) is 6.23. The maximum absolute atomic E-state index is 4.15. The van der Waals surface area contributed by atoms with Gasteiger partial charge in [0.15, 0.2) is 0 Å². The number of hydrogen-bond donors (Lipinski definition) is 1. The Hall–Kier alpha value is -0.210. The number of unbranched alkanes of at least 4 members (excludes halogenated alkanes) is 1. The van der Waals surface area contributed by atoms with Crippen molar-refractivity contribution in [2.24, 2.45) is 0 Å². The van der Waals surface area contributed by atoms with E-state index < -0.39 is 0 Å². The third kappa shape index (κ3) is 3.57. The molecule has 0 saturated carbocycles. The highest BCUT2D eigenvalue weighted by Gasteiger charge is 1.99. The fraction of sp³-hybridized carbons (Fsp3) is 0.455. The first-order valence-electron chi connectivity index (χ1n) is 4.72. The summed E-state index contributed by atoms with van der Waals surface area (Å²) in [7, 11) is 0. The molecular weight excluding hydrogens is 196 g/mol. The van der Waals surface area contributed by atoms with Crippen LogP contribution in [-0.4, -0.2) is 5.75 Å². The van der Waals surface area contributed by atoms with Crippen molar-refractivity contribution in [2.75, 3.05) is 5.75 Å². The summed E-state index contributed by atoms with van der Waals surface area (Å²) >= 11 is 5.97. The van der Waals surface area contributed by atoms with Gasteiger partial charge in [-0.2, -0.15) is 12.6 Å². The van der Waals surface area contributed by atoms with Crippen molar-refractivity contribution in [3.05, 3.63) is 28.0 Å². The molecule has 0 aliphatic carbocycles. The van der Waals surface area contributed by atoms with Crippen LogP contribution in [0.15, 0.2) is 17.5 Å². The summed E-state index contributed by atoms with van der Waals surface area (Å²) in [4.78, 5) is 1.41. The van der Waals surface area contributed by atoms with Crippen LogP contribution in [0.2, 0.25) is 0 Å². The van der Waals surface area contributed by atoms with E-state index in [0.29, 0.717) is 0 Å². The molecule has 0 bridgehead atoms. The monoisotopic (exact) mass is 212 g/mol. The fourth-order valence-electron chi connectivity index (χ4n) is 1.23. The predicted molar refractivity (Wildman–Crippen MR) is 65.8 cm³/mol. The summed E-state index contributed by atoms with van der Waals surface area (Å²) in [5, 5.41) is 2.17. The Morgan fingerprint density at radius 2 is 2.38 bits per heavy atom. The van der Waals surface area contributed by atoms with Crippen LogP contribution in [0.3, 0.4) is 0 Å². The van der Waals surface area contributed by atoms with E-state index in [1.807, 2.05) is 11.3 Å². The molecule has 0 radical (unpaired) electrons. The zero-order valence-corrected chi connectivity index (χ0v) is 9.70. The first-order chi connectivity index (χ1) is 6.38. The molecule has 0 aromatic carbocycles. The molecule has 0 unspecified atom stereocenters. The molecule has 72 valence electrons. The lowest BCUT2D eigenvalue weighted by Crippen LogP contribution is -1.83. The van der Waals surface area contributed by atoms with Gasteiger partial charge < -0.3 is 0 Å². The molecule has 13 heavy (non-hydrogen) atoms. The SMILES string of the molecule is CCCCc1ccsc1C=CCS. The molecule has 0 fully saturated rings. The Labute approximate surface area is 90.1 Å². The smallest absolute Gasteiger partial charge is 0.0299 e. The van der Waals surface area contributed by atoms with Crippen LogP contribution in [0.5, 0.6) is 0 Å². The zero-order chi connectivity index (χ0) is 9.52. The maximum atomic E-state index is 4.15. The van der Waals surface area contributed by atoms with Crippen molar-refractivity contribution in [3.63, 3.8) is 0 Å². The van der Waals surface area contributed by atoms with E-state index in [2.05, 4.69) is 43.2 Å². The van der Waals surface area contributed by atoms with E-state index in [1.54, 1.807) is 0 Å². The van der Waals surface area contributed by atoms with Crippen LogP contribution in [0, 0.1) is 0 Å². The average molecular weight is 212 g/mol. The van der Waals surface area contributed by atoms with Gasteiger partial charge in [0.05, 0.1) is 0 Å². The Morgan fingerprint density at radius 1 is 1.54 bits per heavy atom. The van der Waals surface area contributed by atoms with Gasteiger partial charge in [-0.25, -0.2) is 0 Å². The van der Waals surface area contributed by atoms with E-state index in [1.165, 1.54) is 29.7 Å². The summed E-state index contributed by atoms with van der Waals surface area (Å²) in [5.41, 5.74) is 1.49. The van der Waals surface area contributed by atoms with Crippen LogP contribution in [0.1, 0.15) is 30.2 Å². The number of thiophene rings is 1. The van der Waals surface area contributed by atoms with Gasteiger partial charge in [0.25, 0.3) is 0 Å². The highest BCUT2D eigenvalue weighted by molar-refractivity contribution is 7.80. The van der Waals surface area contributed by atoms with Crippen LogP contribution < -0.4 is 0 Å². The van der Waals surface area contributed by atoms with Crippen LogP contribution in [0.25, 0.3) is 6.08 Å². The van der Waals surface area contributed by atoms with E-state index >= 15 is 0 Å². The molecule has 0 saturated heterocycles.